The van der Waals surface area contributed by atoms with Crippen LogP contribution in [-0.4, -0.2) is 62.1 Å². The van der Waals surface area contributed by atoms with Crippen molar-refractivity contribution < 1.29 is 8.42 Å². The zero-order valence-corrected chi connectivity index (χ0v) is 17.4. The van der Waals surface area contributed by atoms with E-state index in [0.717, 1.165) is 47.6 Å². The van der Waals surface area contributed by atoms with E-state index in [0.29, 0.717) is 19.0 Å². The van der Waals surface area contributed by atoms with Crippen LogP contribution in [0.2, 0.25) is 0 Å². The molecule has 0 spiro atoms. The summed E-state index contributed by atoms with van der Waals surface area (Å²) in [7, 11) is -3.09. The second-order valence-corrected chi connectivity index (χ2v) is 10.5. The van der Waals surface area contributed by atoms with Gasteiger partial charge in [0.25, 0.3) is 0 Å². The van der Waals surface area contributed by atoms with Crippen LogP contribution in [-0.2, 0) is 10.0 Å². The standard InChI is InChI=1S/C19H25N7O2S/c1-12(2)26-18-16(23-24-26)6-3-13-11-20-19(22-17(13)18)21-14-7-9-25(10-8-14)29(27,28)15-4-5-15/h3,6,11-12,14-15H,4-5,7-10H2,1-2H3,(H,20,21,22). The zero-order chi connectivity index (χ0) is 20.2. The number of nitrogens with zero attached hydrogens (tertiary/aromatic N) is 6. The van der Waals surface area contributed by atoms with Gasteiger partial charge < -0.3 is 5.32 Å². The molecule has 5 rings (SSSR count). The van der Waals surface area contributed by atoms with Crippen molar-refractivity contribution >= 4 is 37.9 Å². The molecule has 1 aromatic carbocycles. The fraction of sp³-hybridized carbons (Fsp3) is 0.579. The molecule has 3 aromatic rings. The number of nitrogens with one attached hydrogen (secondary N) is 1. The third-order valence-corrected chi connectivity index (χ3v) is 8.16. The third kappa shape index (κ3) is 3.33. The van der Waals surface area contributed by atoms with Crippen molar-refractivity contribution in [1.82, 2.24) is 29.3 Å². The molecule has 0 radical (unpaired) electrons. The molecule has 1 saturated carbocycles. The van der Waals surface area contributed by atoms with Crippen LogP contribution < -0.4 is 5.32 Å². The summed E-state index contributed by atoms with van der Waals surface area (Å²) >= 11 is 0. The van der Waals surface area contributed by atoms with Crippen LogP contribution >= 0.6 is 0 Å². The van der Waals surface area contributed by atoms with E-state index >= 15 is 0 Å². The molecule has 2 aliphatic rings. The first kappa shape index (κ1) is 18.7. The predicted molar refractivity (Wildman–Crippen MR) is 111 cm³/mol. The smallest absolute Gasteiger partial charge is 0.223 e. The molecule has 154 valence electrons. The van der Waals surface area contributed by atoms with Crippen molar-refractivity contribution in [2.75, 3.05) is 18.4 Å². The predicted octanol–water partition coefficient (Wildman–Crippen LogP) is 2.32. The second-order valence-electron chi connectivity index (χ2n) is 8.25. The van der Waals surface area contributed by atoms with Crippen LogP contribution in [0.5, 0.6) is 0 Å². The molecule has 0 atom stereocenters. The number of aromatic nitrogens is 5. The number of hydrogen-bond acceptors (Lipinski definition) is 7. The van der Waals surface area contributed by atoms with Crippen molar-refractivity contribution in [1.29, 1.82) is 0 Å². The Bertz CT molecular complexity index is 1160. The first-order valence-corrected chi connectivity index (χ1v) is 11.7. The van der Waals surface area contributed by atoms with Crippen molar-refractivity contribution in [3.8, 4) is 0 Å². The minimum absolute atomic E-state index is 0.141. The van der Waals surface area contributed by atoms with Gasteiger partial charge in [-0.05, 0) is 51.7 Å². The quantitative estimate of drug-likeness (QED) is 0.681. The van der Waals surface area contributed by atoms with E-state index in [4.69, 9.17) is 4.98 Å². The Morgan fingerprint density at radius 2 is 1.90 bits per heavy atom. The Kier molecular flexibility index (Phi) is 4.43. The maximum atomic E-state index is 12.4. The normalized spacial score (nSPS) is 19.4. The summed E-state index contributed by atoms with van der Waals surface area (Å²) in [5.41, 5.74) is 2.55. The van der Waals surface area contributed by atoms with Crippen LogP contribution in [0.15, 0.2) is 18.3 Å². The second kappa shape index (κ2) is 6.88. The van der Waals surface area contributed by atoms with Crippen LogP contribution in [0, 0.1) is 0 Å². The van der Waals surface area contributed by atoms with Crippen molar-refractivity contribution in [3.05, 3.63) is 18.3 Å². The van der Waals surface area contributed by atoms with Gasteiger partial charge in [-0.2, -0.15) is 0 Å². The van der Waals surface area contributed by atoms with Crippen molar-refractivity contribution in [3.63, 3.8) is 0 Å². The number of anilines is 1. The molecule has 0 unspecified atom stereocenters. The molecule has 0 bridgehead atoms. The van der Waals surface area contributed by atoms with Gasteiger partial charge in [-0.1, -0.05) is 5.21 Å². The molecule has 1 N–H and O–H groups in total. The highest BCUT2D eigenvalue weighted by atomic mass is 32.2. The summed E-state index contributed by atoms with van der Waals surface area (Å²) in [6.07, 6.45) is 4.93. The Morgan fingerprint density at radius 1 is 1.14 bits per heavy atom. The molecule has 29 heavy (non-hydrogen) atoms. The van der Waals surface area contributed by atoms with Gasteiger partial charge in [-0.3, -0.25) is 0 Å². The SMILES string of the molecule is CC(C)n1nnc2ccc3cnc(NC4CCN(S(=O)(=O)C5CC5)CC4)nc3c21. The van der Waals surface area contributed by atoms with E-state index in [9.17, 15) is 8.42 Å². The van der Waals surface area contributed by atoms with Gasteiger partial charge in [0.05, 0.1) is 5.25 Å². The molecule has 0 amide bonds. The highest BCUT2D eigenvalue weighted by Crippen LogP contribution is 2.32. The highest BCUT2D eigenvalue weighted by molar-refractivity contribution is 7.90. The molecule has 1 saturated heterocycles. The lowest BCUT2D eigenvalue weighted by Crippen LogP contribution is -2.43. The van der Waals surface area contributed by atoms with E-state index in [1.165, 1.54) is 0 Å². The van der Waals surface area contributed by atoms with E-state index in [1.54, 1.807) is 4.31 Å². The van der Waals surface area contributed by atoms with Crippen LogP contribution in [0.1, 0.15) is 45.6 Å². The lowest BCUT2D eigenvalue weighted by atomic mass is 10.1. The van der Waals surface area contributed by atoms with E-state index in [-0.39, 0.29) is 17.3 Å². The van der Waals surface area contributed by atoms with E-state index in [1.807, 2.05) is 23.0 Å². The van der Waals surface area contributed by atoms with E-state index < -0.39 is 10.0 Å². The number of hydrogen-bond donors (Lipinski definition) is 1. The fourth-order valence-corrected chi connectivity index (χ4v) is 5.84. The summed E-state index contributed by atoms with van der Waals surface area (Å²) in [5, 5.41) is 12.7. The van der Waals surface area contributed by atoms with Gasteiger partial charge in [0, 0.05) is 36.8 Å². The molecule has 1 aliphatic heterocycles. The maximum absolute atomic E-state index is 12.4. The number of piperidine rings is 1. The zero-order valence-electron chi connectivity index (χ0n) is 16.6. The summed E-state index contributed by atoms with van der Waals surface area (Å²) in [5.74, 6) is 0.560. The average molecular weight is 416 g/mol. The molecular formula is C19H25N7O2S. The molecule has 1 aliphatic carbocycles. The number of fused-ring (bicyclic) bond motifs is 3. The van der Waals surface area contributed by atoms with Crippen molar-refractivity contribution in [2.45, 2.75) is 56.9 Å². The molecule has 3 heterocycles. The first-order valence-electron chi connectivity index (χ1n) is 10.2. The highest BCUT2D eigenvalue weighted by Gasteiger charge is 2.41. The third-order valence-electron chi connectivity index (χ3n) is 5.76. The summed E-state index contributed by atoms with van der Waals surface area (Å²) in [6.45, 7) is 5.24. The summed E-state index contributed by atoms with van der Waals surface area (Å²) in [4.78, 5) is 9.23. The van der Waals surface area contributed by atoms with Gasteiger partial charge in [0.15, 0.2) is 0 Å². The number of benzene rings is 1. The van der Waals surface area contributed by atoms with Gasteiger partial charge in [0.2, 0.25) is 16.0 Å². The molecule has 2 aromatic heterocycles. The van der Waals surface area contributed by atoms with Crippen LogP contribution in [0.25, 0.3) is 21.9 Å². The van der Waals surface area contributed by atoms with Gasteiger partial charge in [0.1, 0.15) is 16.6 Å². The Hall–Kier alpha value is -2.33. The largest absolute Gasteiger partial charge is 0.351 e. The molecule has 10 heteroatoms. The summed E-state index contributed by atoms with van der Waals surface area (Å²) < 4.78 is 28.4. The monoisotopic (exact) mass is 415 g/mol. The number of rotatable bonds is 5. The average Bonchev–Trinajstić information content (AvgIpc) is 3.48. The maximum Gasteiger partial charge on any atom is 0.223 e. The first-order chi connectivity index (χ1) is 13.9. The Labute approximate surface area is 169 Å². The minimum Gasteiger partial charge on any atom is -0.351 e. The lowest BCUT2D eigenvalue weighted by molar-refractivity contribution is 0.328. The Balaban J connectivity index is 1.37. The number of sulfonamides is 1. The van der Waals surface area contributed by atoms with Crippen LogP contribution in [0.4, 0.5) is 5.95 Å². The lowest BCUT2D eigenvalue weighted by Gasteiger charge is -2.31. The van der Waals surface area contributed by atoms with Crippen molar-refractivity contribution in [2.24, 2.45) is 0 Å². The topological polar surface area (TPSA) is 106 Å². The Morgan fingerprint density at radius 3 is 2.59 bits per heavy atom. The summed E-state index contributed by atoms with van der Waals surface area (Å²) in [6, 6.07) is 4.23. The minimum atomic E-state index is -3.09. The van der Waals surface area contributed by atoms with Gasteiger partial charge in [-0.25, -0.2) is 27.4 Å². The van der Waals surface area contributed by atoms with Gasteiger partial charge >= 0.3 is 0 Å². The van der Waals surface area contributed by atoms with E-state index in [2.05, 4.69) is 34.5 Å². The van der Waals surface area contributed by atoms with Crippen LogP contribution in [0.3, 0.4) is 0 Å². The molecule has 9 nitrogen and oxygen atoms in total. The van der Waals surface area contributed by atoms with Gasteiger partial charge in [-0.15, -0.1) is 5.10 Å². The fourth-order valence-electron chi connectivity index (χ4n) is 3.96. The molecular weight excluding hydrogens is 390 g/mol. The molecule has 2 fully saturated rings.